The summed E-state index contributed by atoms with van der Waals surface area (Å²) < 4.78 is 11.2. The van der Waals surface area contributed by atoms with Gasteiger partial charge >= 0.3 is 6.09 Å². The van der Waals surface area contributed by atoms with E-state index in [-0.39, 0.29) is 12.0 Å². The molecule has 0 saturated carbocycles. The first-order valence-electron chi connectivity index (χ1n) is 9.36. The first-order chi connectivity index (χ1) is 14.0. The number of carboxylic acid groups (broad SMARTS) is 1. The monoisotopic (exact) mass is 438 g/mol. The van der Waals surface area contributed by atoms with Gasteiger partial charge in [0.25, 0.3) is 0 Å². The van der Waals surface area contributed by atoms with Crippen LogP contribution in [0.1, 0.15) is 17.0 Å². The molecule has 2 N–H and O–H groups in total. The van der Waals surface area contributed by atoms with Crippen LogP contribution in [0.15, 0.2) is 42.5 Å². The van der Waals surface area contributed by atoms with Crippen molar-refractivity contribution in [2.24, 2.45) is 0 Å². The van der Waals surface area contributed by atoms with Gasteiger partial charge in [0.2, 0.25) is 0 Å². The first kappa shape index (κ1) is 21.7. The van der Waals surface area contributed by atoms with Gasteiger partial charge in [-0.15, -0.1) is 0 Å². The molecule has 8 heteroatoms. The molecule has 6 nitrogen and oxygen atoms in total. The van der Waals surface area contributed by atoms with Crippen LogP contribution < -0.4 is 10.1 Å². The average Bonchev–Trinajstić information content (AvgIpc) is 2.93. The summed E-state index contributed by atoms with van der Waals surface area (Å²) in [5.41, 5.74) is 2.03. The van der Waals surface area contributed by atoms with Gasteiger partial charge < -0.3 is 24.8 Å². The summed E-state index contributed by atoms with van der Waals surface area (Å²) in [6, 6.07) is 13.2. The van der Waals surface area contributed by atoms with Crippen molar-refractivity contribution in [3.63, 3.8) is 0 Å². The molecular weight excluding hydrogens is 415 g/mol. The van der Waals surface area contributed by atoms with E-state index in [0.717, 1.165) is 16.9 Å². The van der Waals surface area contributed by atoms with E-state index in [1.165, 1.54) is 4.90 Å². The van der Waals surface area contributed by atoms with Crippen LogP contribution in [-0.2, 0) is 11.3 Å². The maximum Gasteiger partial charge on any atom is 0.407 e. The number of hydrogen-bond donors (Lipinski definition) is 2. The van der Waals surface area contributed by atoms with Gasteiger partial charge in [-0.2, -0.15) is 0 Å². The Hall–Kier alpha value is -1.99. The largest absolute Gasteiger partial charge is 0.497 e. The van der Waals surface area contributed by atoms with Crippen molar-refractivity contribution >= 4 is 29.3 Å². The lowest BCUT2D eigenvalue weighted by Gasteiger charge is -2.27. The summed E-state index contributed by atoms with van der Waals surface area (Å²) in [5, 5.41) is 13.8. The topological polar surface area (TPSA) is 71.0 Å². The van der Waals surface area contributed by atoms with Crippen molar-refractivity contribution < 1.29 is 19.4 Å². The molecule has 0 spiro atoms. The van der Waals surface area contributed by atoms with E-state index < -0.39 is 6.09 Å². The number of amides is 1. The minimum Gasteiger partial charge on any atom is -0.497 e. The van der Waals surface area contributed by atoms with Crippen LogP contribution >= 0.6 is 23.2 Å². The molecular formula is C21H24Cl2N2O4. The highest BCUT2D eigenvalue weighted by Gasteiger charge is 2.31. The molecule has 3 rings (SSSR count). The second-order valence-corrected chi connectivity index (χ2v) is 7.71. The highest BCUT2D eigenvalue weighted by Crippen LogP contribution is 2.31. The van der Waals surface area contributed by atoms with Crippen molar-refractivity contribution in [2.75, 3.05) is 33.4 Å². The number of nitrogens with one attached hydrogen (secondary N) is 1. The molecule has 2 unspecified atom stereocenters. The van der Waals surface area contributed by atoms with Gasteiger partial charge in [-0.1, -0.05) is 41.4 Å². The van der Waals surface area contributed by atoms with E-state index >= 15 is 0 Å². The van der Waals surface area contributed by atoms with Crippen molar-refractivity contribution in [1.29, 1.82) is 0 Å². The Balaban J connectivity index is 1.72. The maximum atomic E-state index is 11.6. The Morgan fingerprint density at radius 1 is 1.24 bits per heavy atom. The minimum atomic E-state index is -0.953. The van der Waals surface area contributed by atoms with Crippen LogP contribution in [0.4, 0.5) is 4.79 Å². The number of methoxy groups -OCH3 is 1. The molecule has 1 aliphatic heterocycles. The Morgan fingerprint density at radius 2 is 2.00 bits per heavy atom. The lowest BCUT2D eigenvalue weighted by atomic mass is 9.92. The van der Waals surface area contributed by atoms with Gasteiger partial charge in [0, 0.05) is 32.1 Å². The zero-order chi connectivity index (χ0) is 20.8. The lowest BCUT2D eigenvalue weighted by molar-refractivity contribution is 0.0509. The minimum absolute atomic E-state index is 0.160. The number of benzene rings is 2. The number of rotatable bonds is 6. The van der Waals surface area contributed by atoms with Gasteiger partial charge in [-0.25, -0.2) is 4.79 Å². The summed E-state index contributed by atoms with van der Waals surface area (Å²) >= 11 is 12.3. The van der Waals surface area contributed by atoms with E-state index in [2.05, 4.69) is 5.32 Å². The van der Waals surface area contributed by atoms with Gasteiger partial charge in [-0.05, 0) is 35.4 Å². The second-order valence-electron chi connectivity index (χ2n) is 6.90. The third-order valence-electron chi connectivity index (χ3n) is 5.04. The van der Waals surface area contributed by atoms with E-state index in [1.807, 2.05) is 30.3 Å². The fourth-order valence-corrected chi connectivity index (χ4v) is 3.72. The molecule has 1 heterocycles. The van der Waals surface area contributed by atoms with E-state index in [4.69, 9.17) is 32.7 Å². The Labute approximate surface area is 180 Å². The summed E-state index contributed by atoms with van der Waals surface area (Å²) in [4.78, 5) is 12.9. The molecule has 2 aromatic rings. The number of halogens is 2. The highest BCUT2D eigenvalue weighted by atomic mass is 35.5. The van der Waals surface area contributed by atoms with Crippen molar-refractivity contribution in [3.05, 3.63) is 63.6 Å². The Kier molecular flexibility index (Phi) is 7.61. The number of nitrogens with zero attached hydrogens (tertiary/aromatic N) is 1. The van der Waals surface area contributed by atoms with Gasteiger partial charge in [0.15, 0.2) is 0 Å². The summed E-state index contributed by atoms with van der Waals surface area (Å²) in [7, 11) is 1.64. The smallest absolute Gasteiger partial charge is 0.407 e. The number of carbonyl (C=O) groups is 1. The van der Waals surface area contributed by atoms with Gasteiger partial charge in [0.05, 0.1) is 29.9 Å². The van der Waals surface area contributed by atoms with E-state index in [9.17, 15) is 9.90 Å². The third-order valence-corrected chi connectivity index (χ3v) is 5.77. The molecule has 1 saturated heterocycles. The zero-order valence-electron chi connectivity index (χ0n) is 16.1. The predicted molar refractivity (Wildman–Crippen MR) is 113 cm³/mol. The number of ether oxygens (including phenoxy) is 2. The molecule has 2 atom stereocenters. The fraction of sp³-hybridized carbons (Fsp3) is 0.381. The quantitative estimate of drug-likeness (QED) is 0.704. The zero-order valence-corrected chi connectivity index (χ0v) is 17.6. The van der Waals surface area contributed by atoms with Gasteiger partial charge in [0.1, 0.15) is 5.75 Å². The molecule has 0 aliphatic carbocycles. The van der Waals surface area contributed by atoms with Crippen molar-refractivity contribution in [1.82, 2.24) is 10.2 Å². The van der Waals surface area contributed by atoms with Crippen LogP contribution in [0.25, 0.3) is 0 Å². The van der Waals surface area contributed by atoms with Crippen LogP contribution in [0.3, 0.4) is 0 Å². The standard InChI is InChI=1S/C21H24Cl2N2O4/c1-28-16-5-2-14(3-6-16)11-24-12-20-17(13-25(21(26)27)8-9-29-20)15-4-7-18(22)19(23)10-15/h2-7,10,17,20,24H,8-9,11-13H2,1H3,(H,26,27). The SMILES string of the molecule is COc1ccc(CNCC2OCCN(C(=O)O)CC2c2ccc(Cl)c(Cl)c2)cc1. The van der Waals surface area contributed by atoms with Crippen molar-refractivity contribution in [3.8, 4) is 5.75 Å². The Morgan fingerprint density at radius 3 is 2.66 bits per heavy atom. The molecule has 29 heavy (non-hydrogen) atoms. The molecule has 0 radical (unpaired) electrons. The lowest BCUT2D eigenvalue weighted by Crippen LogP contribution is -2.38. The molecule has 0 bridgehead atoms. The molecule has 0 aromatic heterocycles. The van der Waals surface area contributed by atoms with Crippen LogP contribution in [0, 0.1) is 0 Å². The Bertz CT molecular complexity index is 832. The average molecular weight is 439 g/mol. The molecule has 156 valence electrons. The first-order valence-corrected chi connectivity index (χ1v) is 10.1. The normalized spacial score (nSPS) is 19.6. The summed E-state index contributed by atoms with van der Waals surface area (Å²) in [5.74, 6) is 0.654. The van der Waals surface area contributed by atoms with E-state index in [0.29, 0.717) is 42.8 Å². The summed E-state index contributed by atoms with van der Waals surface area (Å²) in [6.45, 7) is 2.26. The molecule has 2 aromatic carbocycles. The third kappa shape index (κ3) is 5.76. The molecule has 1 amide bonds. The van der Waals surface area contributed by atoms with Crippen molar-refractivity contribution in [2.45, 2.75) is 18.6 Å². The highest BCUT2D eigenvalue weighted by molar-refractivity contribution is 6.42. The van der Waals surface area contributed by atoms with Crippen LogP contribution in [0.2, 0.25) is 10.0 Å². The molecule has 1 aliphatic rings. The second kappa shape index (κ2) is 10.2. The van der Waals surface area contributed by atoms with Crippen LogP contribution in [-0.4, -0.2) is 55.6 Å². The van der Waals surface area contributed by atoms with Crippen LogP contribution in [0.5, 0.6) is 5.75 Å². The fourth-order valence-electron chi connectivity index (χ4n) is 3.42. The maximum absolute atomic E-state index is 11.6. The molecule has 1 fully saturated rings. The van der Waals surface area contributed by atoms with Gasteiger partial charge in [-0.3, -0.25) is 0 Å². The predicted octanol–water partition coefficient (Wildman–Crippen LogP) is 4.25. The number of hydrogen-bond acceptors (Lipinski definition) is 4. The van der Waals surface area contributed by atoms with E-state index in [1.54, 1.807) is 19.2 Å². The summed E-state index contributed by atoms with van der Waals surface area (Å²) in [6.07, 6.45) is -1.15.